The second-order valence-electron chi connectivity index (χ2n) is 3.80. The van der Waals surface area contributed by atoms with Crippen LogP contribution in [0.3, 0.4) is 0 Å². The zero-order valence-corrected chi connectivity index (χ0v) is 10.3. The molecule has 1 unspecified atom stereocenters. The summed E-state index contributed by atoms with van der Waals surface area (Å²) in [7, 11) is 2.10. The lowest BCUT2D eigenvalue weighted by atomic mass is 10.2. The lowest BCUT2D eigenvalue weighted by Crippen LogP contribution is -2.31. The molecule has 1 aliphatic heterocycles. The first-order valence-corrected chi connectivity index (χ1v) is 5.41. The van der Waals surface area contributed by atoms with E-state index in [0.29, 0.717) is 19.3 Å². The van der Waals surface area contributed by atoms with E-state index >= 15 is 0 Å². The summed E-state index contributed by atoms with van der Waals surface area (Å²) in [6.07, 6.45) is 2.85. The molecule has 0 aliphatic carbocycles. The quantitative estimate of drug-likeness (QED) is 0.656. The maximum atomic E-state index is 5.55. The third kappa shape index (κ3) is 7.09. The Hall–Kier alpha value is 0.130. The maximum Gasteiger partial charge on any atom is 0.0702 e. The molecule has 1 aliphatic rings. The second kappa shape index (κ2) is 9.36. The van der Waals surface area contributed by atoms with Crippen molar-refractivity contribution in [3.8, 4) is 0 Å². The van der Waals surface area contributed by atoms with Gasteiger partial charge in [-0.2, -0.15) is 0 Å². The lowest BCUT2D eigenvalue weighted by Gasteiger charge is -2.20. The smallest absolute Gasteiger partial charge is 0.0702 e. The van der Waals surface area contributed by atoms with Gasteiger partial charge in [0.05, 0.1) is 19.3 Å². The number of likely N-dealkylation sites (N-methyl/N-ethyl adjacent to an activating group) is 1. The van der Waals surface area contributed by atoms with Gasteiger partial charge in [-0.15, -0.1) is 12.4 Å². The topological polar surface area (TPSA) is 47.7 Å². The van der Waals surface area contributed by atoms with Gasteiger partial charge in [-0.3, -0.25) is 0 Å². The SMILES string of the molecule is CN(CCOCCN)CC1CCCO1.Cl. The van der Waals surface area contributed by atoms with Crippen molar-refractivity contribution in [1.82, 2.24) is 4.90 Å². The molecule has 4 nitrogen and oxygen atoms in total. The van der Waals surface area contributed by atoms with Gasteiger partial charge in [0.15, 0.2) is 0 Å². The molecule has 2 N–H and O–H groups in total. The number of halogens is 1. The van der Waals surface area contributed by atoms with Gasteiger partial charge < -0.3 is 20.1 Å². The molecule has 1 heterocycles. The molecule has 0 bridgehead atoms. The molecule has 92 valence electrons. The maximum absolute atomic E-state index is 5.55. The average molecular weight is 239 g/mol. The molecule has 0 aromatic heterocycles. The number of nitrogens with zero attached hydrogens (tertiary/aromatic N) is 1. The van der Waals surface area contributed by atoms with E-state index in [4.69, 9.17) is 15.2 Å². The van der Waals surface area contributed by atoms with E-state index in [-0.39, 0.29) is 12.4 Å². The zero-order valence-electron chi connectivity index (χ0n) is 9.48. The Morgan fingerprint density at radius 1 is 1.47 bits per heavy atom. The van der Waals surface area contributed by atoms with Crippen LogP contribution >= 0.6 is 12.4 Å². The number of hydrogen-bond acceptors (Lipinski definition) is 4. The number of nitrogens with two attached hydrogens (primary N) is 1. The normalized spacial score (nSPS) is 20.6. The highest BCUT2D eigenvalue weighted by Crippen LogP contribution is 2.12. The number of ether oxygens (including phenoxy) is 2. The molecule has 0 aromatic carbocycles. The Kier molecular flexibility index (Phi) is 9.44. The first kappa shape index (κ1) is 15.1. The van der Waals surface area contributed by atoms with E-state index in [9.17, 15) is 0 Å². The first-order valence-electron chi connectivity index (χ1n) is 5.41. The largest absolute Gasteiger partial charge is 0.379 e. The van der Waals surface area contributed by atoms with Crippen LogP contribution in [0.1, 0.15) is 12.8 Å². The Balaban J connectivity index is 0.00000196. The Morgan fingerprint density at radius 2 is 2.27 bits per heavy atom. The molecule has 5 heteroatoms. The van der Waals surface area contributed by atoms with E-state index in [1.54, 1.807) is 0 Å². The van der Waals surface area contributed by atoms with Crippen molar-refractivity contribution in [2.75, 3.05) is 46.5 Å². The van der Waals surface area contributed by atoms with Crippen LogP contribution in [-0.2, 0) is 9.47 Å². The highest BCUT2D eigenvalue weighted by atomic mass is 35.5. The average Bonchev–Trinajstić information content (AvgIpc) is 2.65. The second-order valence-corrected chi connectivity index (χ2v) is 3.80. The van der Waals surface area contributed by atoms with Gasteiger partial charge in [0.1, 0.15) is 0 Å². The minimum atomic E-state index is 0. The van der Waals surface area contributed by atoms with Crippen molar-refractivity contribution < 1.29 is 9.47 Å². The molecule has 1 atom stereocenters. The molecule has 1 rings (SSSR count). The van der Waals surface area contributed by atoms with Crippen LogP contribution in [0.4, 0.5) is 0 Å². The fourth-order valence-corrected chi connectivity index (χ4v) is 1.63. The van der Waals surface area contributed by atoms with Crippen LogP contribution in [0.15, 0.2) is 0 Å². The van der Waals surface area contributed by atoms with Crippen molar-refractivity contribution in [2.24, 2.45) is 5.73 Å². The summed E-state index contributed by atoms with van der Waals surface area (Å²) in [6.45, 7) is 4.94. The predicted octanol–water partition coefficient (Wildman–Crippen LogP) is 0.494. The zero-order chi connectivity index (χ0) is 10.2. The van der Waals surface area contributed by atoms with Crippen LogP contribution in [-0.4, -0.2) is 57.5 Å². The van der Waals surface area contributed by atoms with Crippen LogP contribution < -0.4 is 5.73 Å². The van der Waals surface area contributed by atoms with Gasteiger partial charge in [-0.25, -0.2) is 0 Å². The van der Waals surface area contributed by atoms with E-state index in [0.717, 1.165) is 26.3 Å². The Bertz CT molecular complexity index is 143. The summed E-state index contributed by atoms with van der Waals surface area (Å²) < 4.78 is 10.9. The van der Waals surface area contributed by atoms with E-state index in [2.05, 4.69) is 11.9 Å². The fraction of sp³-hybridized carbons (Fsp3) is 1.00. The van der Waals surface area contributed by atoms with Crippen LogP contribution in [0.2, 0.25) is 0 Å². The Labute approximate surface area is 98.5 Å². The van der Waals surface area contributed by atoms with Gasteiger partial charge >= 0.3 is 0 Å². The van der Waals surface area contributed by atoms with Gasteiger partial charge in [0, 0.05) is 26.2 Å². The molecule has 0 saturated carbocycles. The molecular formula is C10H23ClN2O2. The summed E-state index contributed by atoms with van der Waals surface area (Å²) >= 11 is 0. The minimum Gasteiger partial charge on any atom is -0.379 e. The number of hydrogen-bond donors (Lipinski definition) is 1. The monoisotopic (exact) mass is 238 g/mol. The van der Waals surface area contributed by atoms with Crippen molar-refractivity contribution in [3.05, 3.63) is 0 Å². The molecule has 15 heavy (non-hydrogen) atoms. The highest BCUT2D eigenvalue weighted by molar-refractivity contribution is 5.85. The van der Waals surface area contributed by atoms with Crippen LogP contribution in [0.25, 0.3) is 0 Å². The van der Waals surface area contributed by atoms with Gasteiger partial charge in [-0.1, -0.05) is 0 Å². The summed E-state index contributed by atoms with van der Waals surface area (Å²) in [5.74, 6) is 0. The standard InChI is InChI=1S/C10H22N2O2.ClH/c1-12(5-8-13-7-4-11)9-10-3-2-6-14-10;/h10H,2-9,11H2,1H3;1H. The fourth-order valence-electron chi connectivity index (χ4n) is 1.63. The van der Waals surface area contributed by atoms with Crippen molar-refractivity contribution >= 4 is 12.4 Å². The lowest BCUT2D eigenvalue weighted by molar-refractivity contribution is 0.0645. The summed E-state index contributed by atoms with van der Waals surface area (Å²) in [5.41, 5.74) is 5.32. The third-order valence-corrected chi connectivity index (χ3v) is 2.42. The summed E-state index contributed by atoms with van der Waals surface area (Å²) in [6, 6.07) is 0. The number of rotatable bonds is 7. The molecule has 0 radical (unpaired) electrons. The predicted molar refractivity (Wildman–Crippen MR) is 63.6 cm³/mol. The molecule has 0 aromatic rings. The third-order valence-electron chi connectivity index (χ3n) is 2.42. The van der Waals surface area contributed by atoms with Gasteiger partial charge in [-0.05, 0) is 19.9 Å². The Morgan fingerprint density at radius 3 is 2.87 bits per heavy atom. The van der Waals surface area contributed by atoms with Crippen molar-refractivity contribution in [3.63, 3.8) is 0 Å². The van der Waals surface area contributed by atoms with Gasteiger partial charge in [0.2, 0.25) is 0 Å². The van der Waals surface area contributed by atoms with E-state index in [1.165, 1.54) is 12.8 Å². The molecule has 0 spiro atoms. The summed E-state index contributed by atoms with van der Waals surface area (Å²) in [5, 5.41) is 0. The van der Waals surface area contributed by atoms with Crippen LogP contribution in [0.5, 0.6) is 0 Å². The molecule has 1 fully saturated rings. The van der Waals surface area contributed by atoms with E-state index < -0.39 is 0 Å². The van der Waals surface area contributed by atoms with Crippen molar-refractivity contribution in [2.45, 2.75) is 18.9 Å². The molecular weight excluding hydrogens is 216 g/mol. The summed E-state index contributed by atoms with van der Waals surface area (Å²) in [4.78, 5) is 2.26. The van der Waals surface area contributed by atoms with Crippen LogP contribution in [0, 0.1) is 0 Å². The molecule has 0 amide bonds. The minimum absolute atomic E-state index is 0. The van der Waals surface area contributed by atoms with Crippen molar-refractivity contribution in [1.29, 1.82) is 0 Å². The highest BCUT2D eigenvalue weighted by Gasteiger charge is 2.16. The molecule has 1 saturated heterocycles. The first-order chi connectivity index (χ1) is 6.83. The van der Waals surface area contributed by atoms with E-state index in [1.807, 2.05) is 0 Å². The van der Waals surface area contributed by atoms with Gasteiger partial charge in [0.25, 0.3) is 0 Å².